The van der Waals surface area contributed by atoms with Crippen LogP contribution in [0.4, 0.5) is 17.5 Å². The van der Waals surface area contributed by atoms with Gasteiger partial charge in [0.25, 0.3) is 0 Å². The highest BCUT2D eigenvalue weighted by atomic mass is 32.1. The molecule has 8 nitrogen and oxygen atoms in total. The number of aryl methyl sites for hydroxylation is 1. The maximum Gasteiger partial charge on any atom is 0.229 e. The van der Waals surface area contributed by atoms with E-state index in [1.54, 1.807) is 22.2 Å². The number of aromatic nitrogens is 4. The van der Waals surface area contributed by atoms with E-state index >= 15 is 0 Å². The van der Waals surface area contributed by atoms with Gasteiger partial charge < -0.3 is 16.0 Å². The molecule has 1 amide bonds. The SMILES string of the molecule is CCC(=O)NC1CCC(Nc2nc(Nc3cnn(C)c3)nc3ccsc23)CC1. The Hall–Kier alpha value is -2.68. The van der Waals surface area contributed by atoms with Crippen LogP contribution in [0, 0.1) is 0 Å². The molecule has 0 saturated heterocycles. The van der Waals surface area contributed by atoms with Crippen molar-refractivity contribution < 1.29 is 4.79 Å². The van der Waals surface area contributed by atoms with E-state index in [0.29, 0.717) is 24.5 Å². The first-order chi connectivity index (χ1) is 13.6. The van der Waals surface area contributed by atoms with Crippen LogP contribution in [0.25, 0.3) is 10.2 Å². The minimum atomic E-state index is 0.138. The maximum atomic E-state index is 11.6. The Labute approximate surface area is 167 Å². The van der Waals surface area contributed by atoms with Crippen LogP contribution in [0.1, 0.15) is 39.0 Å². The minimum absolute atomic E-state index is 0.138. The Kier molecular flexibility index (Phi) is 5.43. The third-order valence-corrected chi connectivity index (χ3v) is 5.93. The van der Waals surface area contributed by atoms with Crippen LogP contribution in [-0.2, 0) is 11.8 Å². The van der Waals surface area contributed by atoms with E-state index in [2.05, 4.69) is 26.0 Å². The van der Waals surface area contributed by atoms with E-state index in [1.165, 1.54) is 0 Å². The van der Waals surface area contributed by atoms with Crippen LogP contribution in [0.15, 0.2) is 23.8 Å². The third kappa shape index (κ3) is 4.24. The summed E-state index contributed by atoms with van der Waals surface area (Å²) in [5.74, 6) is 1.57. The molecule has 0 spiro atoms. The van der Waals surface area contributed by atoms with Gasteiger partial charge in [0, 0.05) is 31.7 Å². The van der Waals surface area contributed by atoms with E-state index in [9.17, 15) is 4.79 Å². The summed E-state index contributed by atoms with van der Waals surface area (Å²) in [6, 6.07) is 2.65. The van der Waals surface area contributed by atoms with Crippen molar-refractivity contribution >= 4 is 44.9 Å². The zero-order valence-corrected chi connectivity index (χ0v) is 16.9. The predicted octanol–water partition coefficient (Wildman–Crippen LogP) is 3.42. The van der Waals surface area contributed by atoms with Crippen LogP contribution >= 0.6 is 11.3 Å². The number of nitrogens with one attached hydrogen (secondary N) is 3. The number of nitrogens with zero attached hydrogens (tertiary/aromatic N) is 4. The number of carbonyl (C=O) groups excluding carboxylic acids is 1. The molecule has 1 saturated carbocycles. The van der Waals surface area contributed by atoms with Crippen LogP contribution in [0.5, 0.6) is 0 Å². The number of hydrogen-bond donors (Lipinski definition) is 3. The summed E-state index contributed by atoms with van der Waals surface area (Å²) in [5.41, 5.74) is 1.79. The molecule has 4 rings (SSSR count). The summed E-state index contributed by atoms with van der Waals surface area (Å²) < 4.78 is 2.80. The van der Waals surface area contributed by atoms with Crippen molar-refractivity contribution in [1.29, 1.82) is 0 Å². The molecule has 148 valence electrons. The molecular formula is C19H25N7OS. The second-order valence-corrected chi connectivity index (χ2v) is 8.09. The van der Waals surface area contributed by atoms with Crippen molar-refractivity contribution in [3.05, 3.63) is 23.8 Å². The summed E-state index contributed by atoms with van der Waals surface area (Å²) in [4.78, 5) is 20.9. The summed E-state index contributed by atoms with van der Waals surface area (Å²) in [7, 11) is 1.88. The summed E-state index contributed by atoms with van der Waals surface area (Å²) in [6.45, 7) is 1.89. The number of carbonyl (C=O) groups is 1. The second kappa shape index (κ2) is 8.14. The molecule has 1 aliphatic carbocycles. The molecule has 3 heterocycles. The highest BCUT2D eigenvalue weighted by molar-refractivity contribution is 7.17. The molecule has 3 N–H and O–H groups in total. The Morgan fingerprint density at radius 1 is 1.25 bits per heavy atom. The standard InChI is InChI=1S/C19H25N7OS/c1-3-16(27)21-12-4-6-13(7-5-12)22-18-17-15(8-9-28-17)24-19(25-18)23-14-10-20-26(2)11-14/h8-13H,3-7H2,1-2H3,(H,21,27)(H2,22,23,24,25). The Bertz CT molecular complexity index is 958. The van der Waals surface area contributed by atoms with Gasteiger partial charge in [0.2, 0.25) is 11.9 Å². The van der Waals surface area contributed by atoms with Crippen molar-refractivity contribution in [2.45, 2.75) is 51.1 Å². The molecule has 0 atom stereocenters. The lowest BCUT2D eigenvalue weighted by Gasteiger charge is -2.30. The van der Waals surface area contributed by atoms with Crippen molar-refractivity contribution in [2.75, 3.05) is 10.6 Å². The lowest BCUT2D eigenvalue weighted by Crippen LogP contribution is -2.39. The minimum Gasteiger partial charge on any atom is -0.366 e. The summed E-state index contributed by atoms with van der Waals surface area (Å²) in [5, 5.41) is 16.2. The highest BCUT2D eigenvalue weighted by Crippen LogP contribution is 2.30. The number of thiophene rings is 1. The van der Waals surface area contributed by atoms with Gasteiger partial charge in [-0.2, -0.15) is 10.1 Å². The van der Waals surface area contributed by atoms with E-state index in [1.807, 2.05) is 31.6 Å². The lowest BCUT2D eigenvalue weighted by molar-refractivity contribution is -0.121. The molecule has 0 bridgehead atoms. The molecule has 3 aromatic heterocycles. The fraction of sp³-hybridized carbons (Fsp3) is 0.474. The van der Waals surface area contributed by atoms with Crippen molar-refractivity contribution in [2.24, 2.45) is 7.05 Å². The number of anilines is 3. The largest absolute Gasteiger partial charge is 0.366 e. The Morgan fingerprint density at radius 2 is 2.04 bits per heavy atom. The number of rotatable bonds is 6. The third-order valence-electron chi connectivity index (χ3n) is 5.02. The van der Waals surface area contributed by atoms with Crippen molar-refractivity contribution in [3.63, 3.8) is 0 Å². The molecule has 9 heteroatoms. The Balaban J connectivity index is 1.46. The van der Waals surface area contributed by atoms with Crippen LogP contribution in [0.3, 0.4) is 0 Å². The van der Waals surface area contributed by atoms with E-state index in [4.69, 9.17) is 4.98 Å². The van der Waals surface area contributed by atoms with Gasteiger partial charge in [-0.25, -0.2) is 4.98 Å². The quantitative estimate of drug-likeness (QED) is 0.588. The molecule has 28 heavy (non-hydrogen) atoms. The van der Waals surface area contributed by atoms with Gasteiger partial charge in [0.1, 0.15) is 5.82 Å². The summed E-state index contributed by atoms with van der Waals surface area (Å²) in [6.07, 6.45) is 8.18. The average Bonchev–Trinajstić information content (AvgIpc) is 3.32. The smallest absolute Gasteiger partial charge is 0.229 e. The van der Waals surface area contributed by atoms with Crippen molar-refractivity contribution in [1.82, 2.24) is 25.1 Å². The molecule has 0 aromatic carbocycles. The summed E-state index contributed by atoms with van der Waals surface area (Å²) >= 11 is 1.64. The van der Waals surface area contributed by atoms with E-state index < -0.39 is 0 Å². The fourth-order valence-electron chi connectivity index (χ4n) is 3.54. The Morgan fingerprint density at radius 3 is 2.75 bits per heavy atom. The van der Waals surface area contributed by atoms with Gasteiger partial charge in [-0.1, -0.05) is 6.92 Å². The second-order valence-electron chi connectivity index (χ2n) is 7.17. The zero-order chi connectivity index (χ0) is 19.5. The van der Waals surface area contributed by atoms with E-state index in [0.717, 1.165) is 47.4 Å². The first kappa shape index (κ1) is 18.7. The van der Waals surface area contributed by atoms with Crippen LogP contribution < -0.4 is 16.0 Å². The topological polar surface area (TPSA) is 96.8 Å². The van der Waals surface area contributed by atoms with Crippen LogP contribution in [0.2, 0.25) is 0 Å². The fourth-order valence-corrected chi connectivity index (χ4v) is 4.32. The van der Waals surface area contributed by atoms with Gasteiger partial charge in [-0.05, 0) is 37.1 Å². The molecule has 0 radical (unpaired) electrons. The predicted molar refractivity (Wildman–Crippen MR) is 112 cm³/mol. The number of amides is 1. The molecule has 0 aliphatic heterocycles. The molecular weight excluding hydrogens is 374 g/mol. The van der Waals surface area contributed by atoms with Gasteiger partial charge in [-0.15, -0.1) is 11.3 Å². The van der Waals surface area contributed by atoms with Gasteiger partial charge in [0.15, 0.2) is 0 Å². The van der Waals surface area contributed by atoms with E-state index in [-0.39, 0.29) is 5.91 Å². The first-order valence-electron chi connectivity index (χ1n) is 9.67. The number of fused-ring (bicyclic) bond motifs is 1. The number of hydrogen-bond acceptors (Lipinski definition) is 7. The maximum absolute atomic E-state index is 11.6. The molecule has 0 unspecified atom stereocenters. The van der Waals surface area contributed by atoms with Gasteiger partial charge in [-0.3, -0.25) is 9.48 Å². The van der Waals surface area contributed by atoms with Crippen molar-refractivity contribution in [3.8, 4) is 0 Å². The normalized spacial score (nSPS) is 19.5. The zero-order valence-electron chi connectivity index (χ0n) is 16.1. The molecule has 3 aromatic rings. The molecule has 1 fully saturated rings. The molecule has 1 aliphatic rings. The highest BCUT2D eigenvalue weighted by Gasteiger charge is 2.23. The monoisotopic (exact) mass is 399 g/mol. The van der Waals surface area contributed by atoms with Crippen LogP contribution in [-0.4, -0.2) is 37.7 Å². The first-order valence-corrected chi connectivity index (χ1v) is 10.6. The van der Waals surface area contributed by atoms with Gasteiger partial charge in [0.05, 0.1) is 22.1 Å². The lowest BCUT2D eigenvalue weighted by atomic mass is 9.91. The average molecular weight is 400 g/mol. The van der Waals surface area contributed by atoms with Gasteiger partial charge >= 0.3 is 0 Å².